The molecule has 2 aromatic heterocycles. The number of thioether (sulfide) groups is 1. The third-order valence-electron chi connectivity index (χ3n) is 1.87. The molecule has 0 aliphatic heterocycles. The molecule has 0 bridgehead atoms. The van der Waals surface area contributed by atoms with Gasteiger partial charge in [-0.2, -0.15) is 15.0 Å². The summed E-state index contributed by atoms with van der Waals surface area (Å²) in [7, 11) is 0. The minimum absolute atomic E-state index is 0.00380. The van der Waals surface area contributed by atoms with Gasteiger partial charge in [0.05, 0.1) is 6.61 Å². The van der Waals surface area contributed by atoms with Gasteiger partial charge in [0.15, 0.2) is 5.16 Å². The summed E-state index contributed by atoms with van der Waals surface area (Å²) < 4.78 is 1.64. The van der Waals surface area contributed by atoms with E-state index >= 15 is 0 Å². The monoisotopic (exact) mass is 271 g/mol. The van der Waals surface area contributed by atoms with Crippen LogP contribution in [-0.2, 0) is 0 Å². The zero-order chi connectivity index (χ0) is 12.3. The Morgan fingerprint density at radius 1 is 1.47 bits per heavy atom. The molecule has 2 heterocycles. The Balaban J connectivity index is 2.30. The fourth-order valence-electron chi connectivity index (χ4n) is 1.08. The molecular formula is C9H10ClN5OS. The maximum absolute atomic E-state index is 8.98. The van der Waals surface area contributed by atoms with Crippen molar-refractivity contribution in [3.63, 3.8) is 0 Å². The Bertz CT molecular complexity index is 492. The summed E-state index contributed by atoms with van der Waals surface area (Å²) in [5.41, 5.74) is 0. The number of aliphatic hydroxyl groups excluding tert-OH is 1. The molecule has 2 aromatic rings. The number of halogens is 1. The van der Waals surface area contributed by atoms with E-state index in [1.807, 2.05) is 6.92 Å². The van der Waals surface area contributed by atoms with Crippen molar-refractivity contribution >= 4 is 23.4 Å². The Kier molecular flexibility index (Phi) is 3.93. The van der Waals surface area contributed by atoms with E-state index in [2.05, 4.69) is 19.9 Å². The summed E-state index contributed by atoms with van der Waals surface area (Å²) in [6.45, 7) is 1.92. The van der Waals surface area contributed by atoms with Crippen molar-refractivity contribution in [3.8, 4) is 5.95 Å². The normalized spacial score (nSPS) is 12.6. The van der Waals surface area contributed by atoms with Crippen molar-refractivity contribution in [2.75, 3.05) is 6.61 Å². The molecule has 0 aliphatic carbocycles. The van der Waals surface area contributed by atoms with E-state index in [1.165, 1.54) is 11.8 Å². The van der Waals surface area contributed by atoms with Crippen LogP contribution in [0.2, 0.25) is 5.28 Å². The van der Waals surface area contributed by atoms with E-state index in [-0.39, 0.29) is 17.1 Å². The summed E-state index contributed by atoms with van der Waals surface area (Å²) >= 11 is 7.16. The SMILES string of the molecule is CC(CO)Sc1nc(Cl)nc(-n2ccnc2)n1. The number of nitrogens with zero attached hydrogens (tertiary/aromatic N) is 5. The van der Waals surface area contributed by atoms with Gasteiger partial charge in [-0.25, -0.2) is 4.98 Å². The maximum atomic E-state index is 8.98. The third kappa shape index (κ3) is 3.15. The van der Waals surface area contributed by atoms with Gasteiger partial charge in [0.2, 0.25) is 11.2 Å². The first-order valence-corrected chi connectivity index (χ1v) is 6.12. The van der Waals surface area contributed by atoms with Gasteiger partial charge in [0.1, 0.15) is 6.33 Å². The Labute approximate surface area is 107 Å². The smallest absolute Gasteiger partial charge is 0.240 e. The standard InChI is InChI=1S/C9H10ClN5OS/c1-6(4-16)17-9-13-7(10)12-8(14-9)15-3-2-11-5-15/h2-3,5-6,16H,4H2,1H3. The number of hydrogen-bond acceptors (Lipinski definition) is 6. The average Bonchev–Trinajstić information content (AvgIpc) is 2.81. The molecule has 90 valence electrons. The lowest BCUT2D eigenvalue weighted by atomic mass is 10.5. The number of rotatable bonds is 4. The molecule has 0 saturated carbocycles. The first-order chi connectivity index (χ1) is 8.19. The fourth-order valence-corrected chi connectivity index (χ4v) is 2.00. The van der Waals surface area contributed by atoms with Gasteiger partial charge in [-0.3, -0.25) is 4.57 Å². The first kappa shape index (κ1) is 12.3. The van der Waals surface area contributed by atoms with Crippen LogP contribution in [0.4, 0.5) is 0 Å². The average molecular weight is 272 g/mol. The quantitative estimate of drug-likeness (QED) is 0.842. The Hall–Kier alpha value is -1.18. The predicted molar refractivity (Wildman–Crippen MR) is 64.4 cm³/mol. The summed E-state index contributed by atoms with van der Waals surface area (Å²) in [6, 6.07) is 0. The van der Waals surface area contributed by atoms with Gasteiger partial charge >= 0.3 is 0 Å². The highest BCUT2D eigenvalue weighted by Gasteiger charge is 2.10. The predicted octanol–water partition coefficient (Wildman–Crippen LogP) is 1.18. The number of aromatic nitrogens is 5. The highest BCUT2D eigenvalue weighted by Crippen LogP contribution is 2.20. The van der Waals surface area contributed by atoms with Gasteiger partial charge in [0, 0.05) is 17.6 Å². The Morgan fingerprint density at radius 3 is 2.94 bits per heavy atom. The molecule has 2 rings (SSSR count). The van der Waals surface area contributed by atoms with E-state index < -0.39 is 0 Å². The topological polar surface area (TPSA) is 76.7 Å². The minimum Gasteiger partial charge on any atom is -0.395 e. The summed E-state index contributed by atoms with van der Waals surface area (Å²) in [4.78, 5) is 16.1. The molecule has 0 aromatic carbocycles. The Morgan fingerprint density at radius 2 is 2.29 bits per heavy atom. The van der Waals surface area contributed by atoms with Crippen molar-refractivity contribution < 1.29 is 5.11 Å². The second-order valence-corrected chi connectivity index (χ2v) is 5.01. The maximum Gasteiger partial charge on any atom is 0.240 e. The van der Waals surface area contributed by atoms with Crippen LogP contribution in [0.5, 0.6) is 0 Å². The highest BCUT2D eigenvalue weighted by molar-refractivity contribution is 7.99. The molecule has 0 amide bonds. The van der Waals surface area contributed by atoms with Gasteiger partial charge < -0.3 is 5.11 Å². The molecule has 6 nitrogen and oxygen atoms in total. The van der Waals surface area contributed by atoms with Gasteiger partial charge in [-0.1, -0.05) is 18.7 Å². The zero-order valence-electron chi connectivity index (χ0n) is 8.99. The van der Waals surface area contributed by atoms with E-state index in [9.17, 15) is 0 Å². The molecule has 1 unspecified atom stereocenters. The molecule has 0 spiro atoms. The number of imidazole rings is 1. The van der Waals surface area contributed by atoms with Crippen LogP contribution in [0.3, 0.4) is 0 Å². The third-order valence-corrected chi connectivity index (χ3v) is 2.99. The lowest BCUT2D eigenvalue weighted by Crippen LogP contribution is -2.07. The van der Waals surface area contributed by atoms with E-state index in [1.54, 1.807) is 23.3 Å². The molecule has 0 fully saturated rings. The summed E-state index contributed by atoms with van der Waals surface area (Å²) in [6.07, 6.45) is 4.92. The van der Waals surface area contributed by atoms with Crippen LogP contribution in [0.1, 0.15) is 6.92 Å². The van der Waals surface area contributed by atoms with Crippen molar-refractivity contribution in [2.24, 2.45) is 0 Å². The second-order valence-electron chi connectivity index (χ2n) is 3.27. The minimum atomic E-state index is 0.00380. The molecule has 17 heavy (non-hydrogen) atoms. The molecule has 0 saturated heterocycles. The number of hydrogen-bond donors (Lipinski definition) is 1. The second kappa shape index (κ2) is 5.44. The van der Waals surface area contributed by atoms with Crippen LogP contribution in [0, 0.1) is 0 Å². The van der Waals surface area contributed by atoms with Crippen molar-refractivity contribution in [3.05, 3.63) is 24.0 Å². The first-order valence-electron chi connectivity index (χ1n) is 4.86. The van der Waals surface area contributed by atoms with Gasteiger partial charge in [-0.05, 0) is 11.6 Å². The van der Waals surface area contributed by atoms with Gasteiger partial charge in [0.25, 0.3) is 0 Å². The van der Waals surface area contributed by atoms with Crippen molar-refractivity contribution in [1.29, 1.82) is 0 Å². The molecule has 0 radical (unpaired) electrons. The fraction of sp³-hybridized carbons (Fsp3) is 0.333. The van der Waals surface area contributed by atoms with Crippen molar-refractivity contribution in [2.45, 2.75) is 17.3 Å². The van der Waals surface area contributed by atoms with Crippen LogP contribution in [-0.4, -0.2) is 41.5 Å². The summed E-state index contributed by atoms with van der Waals surface area (Å²) in [5.74, 6) is 0.412. The molecular weight excluding hydrogens is 262 g/mol. The lowest BCUT2D eigenvalue weighted by Gasteiger charge is -2.07. The van der Waals surface area contributed by atoms with E-state index in [4.69, 9.17) is 16.7 Å². The number of aliphatic hydroxyl groups is 1. The van der Waals surface area contributed by atoms with Crippen LogP contribution >= 0.6 is 23.4 Å². The summed E-state index contributed by atoms with van der Waals surface area (Å²) in [5, 5.41) is 9.59. The van der Waals surface area contributed by atoms with Crippen molar-refractivity contribution in [1.82, 2.24) is 24.5 Å². The molecule has 0 aliphatic rings. The molecule has 8 heteroatoms. The molecule has 1 atom stereocenters. The van der Waals surface area contributed by atoms with E-state index in [0.29, 0.717) is 11.1 Å². The molecule has 1 N–H and O–H groups in total. The zero-order valence-corrected chi connectivity index (χ0v) is 10.6. The van der Waals surface area contributed by atoms with Crippen LogP contribution in [0.15, 0.2) is 23.9 Å². The highest BCUT2D eigenvalue weighted by atomic mass is 35.5. The van der Waals surface area contributed by atoms with E-state index in [0.717, 1.165) is 0 Å². The van der Waals surface area contributed by atoms with Crippen LogP contribution < -0.4 is 0 Å². The van der Waals surface area contributed by atoms with Gasteiger partial charge in [-0.15, -0.1) is 0 Å². The largest absolute Gasteiger partial charge is 0.395 e. The lowest BCUT2D eigenvalue weighted by molar-refractivity contribution is 0.300. The van der Waals surface area contributed by atoms with Crippen LogP contribution in [0.25, 0.3) is 5.95 Å².